The third-order valence-electron chi connectivity index (χ3n) is 8.11. The van der Waals surface area contributed by atoms with E-state index in [0.717, 1.165) is 5.75 Å². The van der Waals surface area contributed by atoms with Gasteiger partial charge in [-0.25, -0.2) is 0 Å². The molecule has 0 radical (unpaired) electrons. The quantitative estimate of drug-likeness (QED) is 0.223. The first kappa shape index (κ1) is 26.8. The molecule has 0 N–H and O–H groups in total. The second kappa shape index (κ2) is 10.8. The first-order valence-electron chi connectivity index (χ1n) is 14.1. The first-order chi connectivity index (χ1) is 18.1. The van der Waals surface area contributed by atoms with Crippen molar-refractivity contribution in [3.63, 3.8) is 0 Å². The van der Waals surface area contributed by atoms with Crippen molar-refractivity contribution in [1.82, 2.24) is 0 Å². The van der Waals surface area contributed by atoms with Crippen LogP contribution in [0.15, 0.2) is 102 Å². The van der Waals surface area contributed by atoms with E-state index in [4.69, 9.17) is 0 Å². The highest BCUT2D eigenvalue weighted by molar-refractivity contribution is 7.98. The topological polar surface area (TPSA) is 0 Å². The molecule has 1 aliphatic heterocycles. The van der Waals surface area contributed by atoms with Gasteiger partial charge in [-0.1, -0.05) is 133 Å². The molecule has 38 heavy (non-hydrogen) atoms. The second-order valence-electron chi connectivity index (χ2n) is 13.0. The van der Waals surface area contributed by atoms with Gasteiger partial charge in [0.15, 0.2) is 0 Å². The van der Waals surface area contributed by atoms with Crippen LogP contribution in [0.2, 0.25) is 0 Å². The van der Waals surface area contributed by atoms with E-state index >= 15 is 0 Å². The molecular formula is C37H42S. The van der Waals surface area contributed by atoms with Gasteiger partial charge in [0.25, 0.3) is 0 Å². The summed E-state index contributed by atoms with van der Waals surface area (Å²) in [7, 11) is 0. The molecule has 6 rings (SSSR count). The maximum atomic E-state index is 2.36. The van der Waals surface area contributed by atoms with Crippen LogP contribution in [0, 0.1) is 10.8 Å². The van der Waals surface area contributed by atoms with Crippen molar-refractivity contribution in [3.05, 3.63) is 136 Å². The molecule has 2 aliphatic rings. The standard InChI is InChI=1S/C19H22.C18H20S/c1-19(2,3)18-16-10-6-4-8-14(16)12-13-15-9-5-7-11-17(15)18;1-18(2,3)17-14-9-5-4-8-13(14)12-19-16-11-7-6-10-15(16)17/h4-11,18H,12-13H2,1-3H3;4-11,17H,12H2,1-3H3. The summed E-state index contributed by atoms with van der Waals surface area (Å²) in [5.41, 5.74) is 11.1. The lowest BCUT2D eigenvalue weighted by Crippen LogP contribution is -2.20. The summed E-state index contributed by atoms with van der Waals surface area (Å²) in [4.78, 5) is 1.44. The SMILES string of the molecule is CC(C)(C)C1c2ccccc2CCc2ccccc21.CC(C)(C)C1c2ccccc2CSc2ccccc21. The summed E-state index contributed by atoms with van der Waals surface area (Å²) >= 11 is 1.97. The van der Waals surface area contributed by atoms with Crippen LogP contribution >= 0.6 is 11.8 Å². The Bertz CT molecular complexity index is 1190. The van der Waals surface area contributed by atoms with Crippen LogP contribution in [0.1, 0.15) is 92.3 Å². The van der Waals surface area contributed by atoms with Crippen LogP contribution in [0.25, 0.3) is 0 Å². The Kier molecular flexibility index (Phi) is 7.60. The first-order valence-corrected chi connectivity index (χ1v) is 15.1. The van der Waals surface area contributed by atoms with E-state index in [-0.39, 0.29) is 10.8 Å². The summed E-state index contributed by atoms with van der Waals surface area (Å²) in [6.07, 6.45) is 2.33. The van der Waals surface area contributed by atoms with Gasteiger partial charge in [0.2, 0.25) is 0 Å². The molecule has 0 spiro atoms. The fourth-order valence-electron chi connectivity index (χ4n) is 6.51. The molecule has 0 saturated carbocycles. The minimum Gasteiger partial charge on any atom is -0.121 e. The second-order valence-corrected chi connectivity index (χ2v) is 14.0. The maximum Gasteiger partial charge on any atom is 0.0235 e. The van der Waals surface area contributed by atoms with Crippen molar-refractivity contribution in [2.24, 2.45) is 10.8 Å². The lowest BCUT2D eigenvalue weighted by molar-refractivity contribution is 0.355. The molecule has 4 aromatic rings. The summed E-state index contributed by atoms with van der Waals surface area (Å²) in [5.74, 6) is 2.07. The van der Waals surface area contributed by atoms with Gasteiger partial charge in [-0.15, -0.1) is 11.8 Å². The highest BCUT2D eigenvalue weighted by Gasteiger charge is 2.33. The largest absolute Gasteiger partial charge is 0.121 e. The van der Waals surface area contributed by atoms with E-state index in [1.165, 1.54) is 56.7 Å². The molecule has 1 aliphatic carbocycles. The van der Waals surface area contributed by atoms with Crippen LogP contribution < -0.4 is 0 Å². The highest BCUT2D eigenvalue weighted by Crippen LogP contribution is 2.48. The molecule has 4 aromatic carbocycles. The van der Waals surface area contributed by atoms with Crippen LogP contribution in [-0.4, -0.2) is 0 Å². The van der Waals surface area contributed by atoms with Crippen molar-refractivity contribution in [2.45, 2.75) is 76.9 Å². The van der Waals surface area contributed by atoms with Gasteiger partial charge >= 0.3 is 0 Å². The van der Waals surface area contributed by atoms with E-state index in [9.17, 15) is 0 Å². The Labute approximate surface area is 234 Å². The van der Waals surface area contributed by atoms with Gasteiger partial charge in [-0.3, -0.25) is 0 Å². The molecule has 0 nitrogen and oxygen atoms in total. The molecule has 1 heteroatoms. The minimum atomic E-state index is 0.233. The molecule has 1 unspecified atom stereocenters. The van der Waals surface area contributed by atoms with Crippen LogP contribution in [-0.2, 0) is 18.6 Å². The van der Waals surface area contributed by atoms with E-state index in [0.29, 0.717) is 11.8 Å². The van der Waals surface area contributed by atoms with Crippen molar-refractivity contribution in [3.8, 4) is 0 Å². The van der Waals surface area contributed by atoms with Gasteiger partial charge in [-0.05, 0) is 68.7 Å². The molecule has 0 fully saturated rings. The van der Waals surface area contributed by atoms with Gasteiger partial charge in [0.1, 0.15) is 0 Å². The normalized spacial score (nSPS) is 16.9. The van der Waals surface area contributed by atoms with Crippen molar-refractivity contribution in [2.75, 3.05) is 0 Å². The molecule has 1 atom stereocenters. The number of hydrogen-bond donors (Lipinski definition) is 0. The summed E-state index contributed by atoms with van der Waals surface area (Å²) in [5, 5.41) is 0. The fraction of sp³-hybridized carbons (Fsp3) is 0.351. The predicted octanol–water partition coefficient (Wildman–Crippen LogP) is 10.4. The molecule has 1 heterocycles. The Morgan fingerprint density at radius 3 is 1.34 bits per heavy atom. The zero-order chi connectivity index (χ0) is 26.9. The smallest absolute Gasteiger partial charge is 0.0235 e. The van der Waals surface area contributed by atoms with Crippen LogP contribution in [0.5, 0.6) is 0 Å². The highest BCUT2D eigenvalue weighted by atomic mass is 32.2. The Morgan fingerprint density at radius 1 is 0.474 bits per heavy atom. The van der Waals surface area contributed by atoms with Crippen LogP contribution in [0.4, 0.5) is 0 Å². The third kappa shape index (κ3) is 5.50. The average Bonchev–Trinajstić information content (AvgIpc) is 3.17. The number of thioether (sulfide) groups is 1. The van der Waals surface area contributed by atoms with Gasteiger partial charge in [0, 0.05) is 22.5 Å². The molecular weight excluding hydrogens is 476 g/mol. The van der Waals surface area contributed by atoms with Crippen molar-refractivity contribution < 1.29 is 0 Å². The van der Waals surface area contributed by atoms with Crippen molar-refractivity contribution >= 4 is 11.8 Å². The van der Waals surface area contributed by atoms with E-state index in [1.807, 2.05) is 11.8 Å². The number of rotatable bonds is 0. The molecule has 0 amide bonds. The number of benzene rings is 4. The predicted molar refractivity (Wildman–Crippen MR) is 165 cm³/mol. The van der Waals surface area contributed by atoms with E-state index < -0.39 is 0 Å². The summed E-state index contributed by atoms with van der Waals surface area (Å²) in [6, 6.07) is 35.8. The van der Waals surface area contributed by atoms with Gasteiger partial charge < -0.3 is 0 Å². The van der Waals surface area contributed by atoms with Crippen molar-refractivity contribution in [1.29, 1.82) is 0 Å². The van der Waals surface area contributed by atoms with Crippen LogP contribution in [0.3, 0.4) is 0 Å². The fourth-order valence-corrected chi connectivity index (χ4v) is 7.61. The van der Waals surface area contributed by atoms with E-state index in [2.05, 4.69) is 139 Å². The zero-order valence-electron chi connectivity index (χ0n) is 23.9. The molecule has 0 saturated heterocycles. The Balaban J connectivity index is 0.000000155. The molecule has 196 valence electrons. The zero-order valence-corrected chi connectivity index (χ0v) is 24.7. The Hall–Kier alpha value is -2.77. The molecule has 0 aromatic heterocycles. The Morgan fingerprint density at radius 2 is 0.842 bits per heavy atom. The summed E-state index contributed by atoms with van der Waals surface area (Å²) in [6.45, 7) is 14.1. The maximum absolute atomic E-state index is 2.36. The number of hydrogen-bond acceptors (Lipinski definition) is 1. The monoisotopic (exact) mass is 518 g/mol. The third-order valence-corrected chi connectivity index (χ3v) is 9.25. The van der Waals surface area contributed by atoms with E-state index in [1.54, 1.807) is 0 Å². The summed E-state index contributed by atoms with van der Waals surface area (Å²) < 4.78 is 0. The molecule has 0 bridgehead atoms. The average molecular weight is 519 g/mol. The number of fused-ring (bicyclic) bond motifs is 4. The number of aryl methyl sites for hydroxylation is 2. The minimum absolute atomic E-state index is 0.233. The van der Waals surface area contributed by atoms with Gasteiger partial charge in [-0.2, -0.15) is 0 Å². The lowest BCUT2D eigenvalue weighted by Gasteiger charge is -2.33. The lowest BCUT2D eigenvalue weighted by atomic mass is 9.71. The van der Waals surface area contributed by atoms with Gasteiger partial charge in [0.05, 0.1) is 0 Å².